The zero-order chi connectivity index (χ0) is 24.2. The van der Waals surface area contributed by atoms with E-state index in [1.807, 2.05) is 19.9 Å². The van der Waals surface area contributed by atoms with Crippen LogP contribution in [0.5, 0.6) is 0 Å². The third-order valence-corrected chi connectivity index (χ3v) is 7.63. The van der Waals surface area contributed by atoms with Crippen LogP contribution in [0.3, 0.4) is 0 Å². The van der Waals surface area contributed by atoms with Crippen LogP contribution < -0.4 is 4.72 Å². The first-order valence-electron chi connectivity index (χ1n) is 11.6. The highest BCUT2D eigenvalue weighted by Gasteiger charge is 2.33. The van der Waals surface area contributed by atoms with Crippen LogP contribution in [0.1, 0.15) is 76.9 Å². The second-order valence-corrected chi connectivity index (χ2v) is 11.6. The molecule has 3 aromatic rings. The van der Waals surface area contributed by atoms with Crippen molar-refractivity contribution in [2.24, 2.45) is 0 Å². The zero-order valence-electron chi connectivity index (χ0n) is 19.5. The largest absolute Gasteiger partial charge is 0.330 e. The molecule has 1 saturated carbocycles. The number of benzene rings is 1. The number of amides is 1. The minimum Gasteiger partial charge on any atom is -0.330 e. The Bertz CT molecular complexity index is 1400. The van der Waals surface area contributed by atoms with Crippen molar-refractivity contribution < 1.29 is 13.2 Å². The third-order valence-electron chi connectivity index (χ3n) is 6.59. The van der Waals surface area contributed by atoms with Crippen molar-refractivity contribution in [3.05, 3.63) is 57.5 Å². The van der Waals surface area contributed by atoms with E-state index in [-0.39, 0.29) is 17.6 Å². The number of hydrogen-bond donors (Lipinski definition) is 1. The van der Waals surface area contributed by atoms with Crippen molar-refractivity contribution in [1.82, 2.24) is 19.5 Å². The first kappa shape index (κ1) is 23.1. The fourth-order valence-corrected chi connectivity index (χ4v) is 5.56. The predicted octanol–water partition coefficient (Wildman–Crippen LogP) is 4.62. The van der Waals surface area contributed by atoms with Gasteiger partial charge in [-0.15, -0.1) is 0 Å². The average molecular weight is 502 g/mol. The van der Waals surface area contributed by atoms with Gasteiger partial charge in [-0.2, -0.15) is 5.10 Å². The van der Waals surface area contributed by atoms with Crippen LogP contribution in [0.25, 0.3) is 5.65 Å². The summed E-state index contributed by atoms with van der Waals surface area (Å²) >= 11 is 6.66. The summed E-state index contributed by atoms with van der Waals surface area (Å²) in [5.74, 6) is 0.251. The lowest BCUT2D eigenvalue weighted by Gasteiger charge is -2.35. The highest BCUT2D eigenvalue weighted by Crippen LogP contribution is 2.42. The number of nitrogens with one attached hydrogen (secondary N) is 1. The van der Waals surface area contributed by atoms with Gasteiger partial charge in [-0.05, 0) is 58.1 Å². The molecule has 1 aliphatic carbocycles. The molecule has 5 rings (SSSR count). The molecule has 0 bridgehead atoms. The number of fused-ring (bicyclic) bond motifs is 1. The van der Waals surface area contributed by atoms with E-state index in [1.54, 1.807) is 27.6 Å². The summed E-state index contributed by atoms with van der Waals surface area (Å²) in [6.07, 6.45) is 5.95. The summed E-state index contributed by atoms with van der Waals surface area (Å²) < 4.78 is 27.9. The Morgan fingerprint density at radius 1 is 1.15 bits per heavy atom. The number of halogens is 1. The second-order valence-electron chi connectivity index (χ2n) is 9.46. The molecule has 2 aliphatic rings. The molecule has 0 spiro atoms. The zero-order valence-corrected chi connectivity index (χ0v) is 21.1. The molecule has 1 amide bonds. The highest BCUT2D eigenvalue weighted by molar-refractivity contribution is 7.92. The first-order chi connectivity index (χ1) is 16.1. The molecule has 3 heterocycles. The van der Waals surface area contributed by atoms with E-state index in [9.17, 15) is 13.2 Å². The van der Waals surface area contributed by atoms with Crippen LogP contribution in [0.15, 0.2) is 24.3 Å². The van der Waals surface area contributed by atoms with E-state index >= 15 is 0 Å². The van der Waals surface area contributed by atoms with Gasteiger partial charge in [-0.25, -0.2) is 17.9 Å². The number of piperidine rings is 1. The number of sulfonamides is 1. The number of anilines is 1. The summed E-state index contributed by atoms with van der Waals surface area (Å²) in [7, 11) is -3.53. The standard InChI is InChI=1S/C24H28ClN5O3S/c1-14-7-10-18(28-34(3,32)33)17(12-14)24(31)29-11-5-4-6-20(29)19-13-21-26-22(16-8-9-16)15(2)23(25)30(21)27-19/h7,10,12-13,16,20,28H,4-6,8-9,11H2,1-3H3. The van der Waals surface area contributed by atoms with Crippen LogP contribution in [-0.2, 0) is 10.0 Å². The van der Waals surface area contributed by atoms with Gasteiger partial charge in [0, 0.05) is 24.1 Å². The van der Waals surface area contributed by atoms with Gasteiger partial charge in [0.15, 0.2) is 5.65 Å². The van der Waals surface area contributed by atoms with Crippen molar-refractivity contribution in [1.29, 1.82) is 0 Å². The number of aryl methyl sites for hydroxylation is 1. The van der Waals surface area contributed by atoms with Crippen LogP contribution in [0.4, 0.5) is 5.69 Å². The average Bonchev–Trinajstić information content (AvgIpc) is 3.54. The van der Waals surface area contributed by atoms with Gasteiger partial charge in [-0.3, -0.25) is 9.52 Å². The normalized spacial score (nSPS) is 18.9. The Hall–Kier alpha value is -2.65. The van der Waals surface area contributed by atoms with Gasteiger partial charge in [0.1, 0.15) is 5.15 Å². The van der Waals surface area contributed by atoms with Crippen molar-refractivity contribution in [3.63, 3.8) is 0 Å². The van der Waals surface area contributed by atoms with Gasteiger partial charge in [0.05, 0.1) is 34.9 Å². The number of rotatable bonds is 5. The quantitative estimate of drug-likeness (QED) is 0.515. The molecule has 2 fully saturated rings. The molecule has 1 atom stereocenters. The molecule has 180 valence electrons. The topological polar surface area (TPSA) is 96.7 Å². The number of nitrogens with zero attached hydrogens (tertiary/aromatic N) is 4. The number of aromatic nitrogens is 3. The van der Waals surface area contributed by atoms with Gasteiger partial charge >= 0.3 is 0 Å². The third kappa shape index (κ3) is 4.38. The Kier molecular flexibility index (Phi) is 5.80. The SMILES string of the molecule is Cc1ccc(NS(C)(=O)=O)c(C(=O)N2CCCCC2c2cc3nc(C4CC4)c(C)c(Cl)n3n2)c1. The molecule has 8 nitrogen and oxygen atoms in total. The first-order valence-corrected chi connectivity index (χ1v) is 13.8. The molecule has 2 aromatic heterocycles. The summed E-state index contributed by atoms with van der Waals surface area (Å²) in [5.41, 5.74) is 4.94. The fourth-order valence-electron chi connectivity index (χ4n) is 4.76. The molecule has 1 aliphatic heterocycles. The van der Waals surface area contributed by atoms with Crippen molar-refractivity contribution in [3.8, 4) is 0 Å². The molecule has 1 N–H and O–H groups in total. The van der Waals surface area contributed by atoms with Gasteiger partial charge < -0.3 is 4.90 Å². The summed E-state index contributed by atoms with van der Waals surface area (Å²) in [6, 6.07) is 6.84. The van der Waals surface area contributed by atoms with Crippen LogP contribution in [0.2, 0.25) is 5.15 Å². The second kappa shape index (κ2) is 8.53. The van der Waals surface area contributed by atoms with Crippen molar-refractivity contribution in [2.75, 3.05) is 17.5 Å². The molecule has 1 saturated heterocycles. The Balaban J connectivity index is 1.53. The smallest absolute Gasteiger partial charge is 0.256 e. The molecular formula is C24H28ClN5O3S. The van der Waals surface area contributed by atoms with Gasteiger partial charge in [0.25, 0.3) is 5.91 Å². The van der Waals surface area contributed by atoms with Gasteiger partial charge in [0.2, 0.25) is 10.0 Å². The summed E-state index contributed by atoms with van der Waals surface area (Å²) in [4.78, 5) is 20.4. The van der Waals surface area contributed by atoms with E-state index < -0.39 is 10.0 Å². The Morgan fingerprint density at radius 2 is 1.91 bits per heavy atom. The molecule has 10 heteroatoms. The number of carbonyl (C=O) groups is 1. The van der Waals surface area contributed by atoms with E-state index in [4.69, 9.17) is 21.7 Å². The van der Waals surface area contributed by atoms with Crippen molar-refractivity contribution in [2.45, 2.75) is 57.9 Å². The molecule has 1 aromatic carbocycles. The van der Waals surface area contributed by atoms with E-state index in [0.29, 0.717) is 28.8 Å². The van der Waals surface area contributed by atoms with Crippen LogP contribution in [-0.4, -0.2) is 46.6 Å². The maximum Gasteiger partial charge on any atom is 0.256 e. The monoisotopic (exact) mass is 501 g/mol. The Labute approximate surface area is 204 Å². The fraction of sp³-hybridized carbons (Fsp3) is 0.458. The van der Waals surface area contributed by atoms with E-state index in [1.165, 1.54) is 0 Å². The lowest BCUT2D eigenvalue weighted by atomic mass is 9.97. The van der Waals surface area contributed by atoms with Crippen LogP contribution >= 0.6 is 11.6 Å². The lowest BCUT2D eigenvalue weighted by Crippen LogP contribution is -2.39. The number of hydrogen-bond acceptors (Lipinski definition) is 5. The molecule has 1 unspecified atom stereocenters. The molecule has 0 radical (unpaired) electrons. The predicted molar refractivity (Wildman–Crippen MR) is 132 cm³/mol. The maximum atomic E-state index is 13.7. The van der Waals surface area contributed by atoms with Crippen LogP contribution in [0, 0.1) is 13.8 Å². The lowest BCUT2D eigenvalue weighted by molar-refractivity contribution is 0.0606. The summed E-state index contributed by atoms with van der Waals surface area (Å²) in [5, 5.41) is 5.32. The minimum absolute atomic E-state index is 0.217. The molecular weight excluding hydrogens is 474 g/mol. The van der Waals surface area contributed by atoms with E-state index in [0.717, 1.165) is 60.9 Å². The van der Waals surface area contributed by atoms with Crippen molar-refractivity contribution >= 4 is 38.9 Å². The molecule has 34 heavy (non-hydrogen) atoms. The van der Waals surface area contributed by atoms with E-state index in [2.05, 4.69) is 4.72 Å². The number of carbonyl (C=O) groups excluding carboxylic acids is 1. The minimum atomic E-state index is -3.53. The Morgan fingerprint density at radius 3 is 2.62 bits per heavy atom. The van der Waals surface area contributed by atoms with Gasteiger partial charge in [-0.1, -0.05) is 23.2 Å². The maximum absolute atomic E-state index is 13.7. The highest BCUT2D eigenvalue weighted by atomic mass is 35.5. The number of likely N-dealkylation sites (tertiary alicyclic amines) is 1. The summed E-state index contributed by atoms with van der Waals surface area (Å²) in [6.45, 7) is 4.43.